The van der Waals surface area contributed by atoms with Crippen molar-refractivity contribution < 1.29 is 4.79 Å². The summed E-state index contributed by atoms with van der Waals surface area (Å²) in [5.74, 6) is 0. The first-order chi connectivity index (χ1) is 3.91. The Morgan fingerprint density at radius 2 is 1.12 bits per heavy atom. The molecule has 0 unspecified atom stereocenters. The van der Waals surface area contributed by atoms with Crippen molar-refractivity contribution in [3.63, 3.8) is 0 Å². The second-order valence-electron chi connectivity index (χ2n) is 2.00. The number of hydrogen-bond donors (Lipinski definition) is 0. The van der Waals surface area contributed by atoms with Gasteiger partial charge in [0.05, 0.1) is 0 Å². The summed E-state index contributed by atoms with van der Waals surface area (Å²) in [4.78, 5) is 8.81. The molecule has 0 aromatic heterocycles. The molecule has 1 rings (SSSR count). The molecule has 1 fully saturated rings. The molecule has 0 bridgehead atoms. The summed E-state index contributed by atoms with van der Waals surface area (Å²) >= 11 is 0. The minimum atomic E-state index is 0.750. The van der Waals surface area contributed by atoms with Crippen LogP contribution in [0, 0.1) is 0 Å². The van der Waals surface area contributed by atoms with Gasteiger partial charge in [-0.3, -0.25) is 0 Å². The minimum Gasteiger partial charge on any atom is -0.304 e. The predicted octanol–water partition coefficient (Wildman–Crippen LogP) is 2.16. The molecule has 0 N–H and O–H groups in total. The highest BCUT2D eigenvalue weighted by atomic mass is 16.1. The number of aldehydes is 1. The second-order valence-corrected chi connectivity index (χ2v) is 2.00. The van der Waals surface area contributed by atoms with Gasteiger partial charge in [0.15, 0.2) is 0 Å². The minimum absolute atomic E-state index is 0.750. The van der Waals surface area contributed by atoms with Crippen molar-refractivity contribution in [3.8, 4) is 0 Å². The first-order valence-electron chi connectivity index (χ1n) is 3.31. The summed E-state index contributed by atoms with van der Waals surface area (Å²) in [5, 5.41) is 0. The van der Waals surface area contributed by atoms with Crippen LogP contribution in [0.3, 0.4) is 0 Å². The van der Waals surface area contributed by atoms with Crippen LogP contribution in [0.15, 0.2) is 0 Å². The first-order valence-corrected chi connectivity index (χ1v) is 3.31. The molecule has 0 aromatic rings. The van der Waals surface area contributed by atoms with Crippen LogP contribution >= 0.6 is 0 Å². The van der Waals surface area contributed by atoms with Crippen LogP contribution < -0.4 is 0 Å². The fraction of sp³-hybridized carbons (Fsp3) is 0.857. The van der Waals surface area contributed by atoms with Crippen molar-refractivity contribution in [2.45, 2.75) is 39.0 Å². The third-order valence-electron chi connectivity index (χ3n) is 1.25. The molecule has 0 aliphatic heterocycles. The molecule has 0 radical (unpaired) electrons. The van der Waals surface area contributed by atoms with Gasteiger partial charge in [0, 0.05) is 0 Å². The molecule has 0 saturated heterocycles. The molecular weight excluding hydrogens is 100 g/mol. The average Bonchev–Trinajstić information content (AvgIpc) is 2.17. The molecule has 48 valence electrons. The van der Waals surface area contributed by atoms with Gasteiger partial charge in [0.1, 0.15) is 6.29 Å². The molecule has 1 saturated carbocycles. The van der Waals surface area contributed by atoms with E-state index in [4.69, 9.17) is 4.79 Å². The van der Waals surface area contributed by atoms with Crippen molar-refractivity contribution in [2.75, 3.05) is 0 Å². The zero-order valence-corrected chi connectivity index (χ0v) is 5.52. The number of carbonyl (C=O) groups excluding carboxylic acids is 1. The molecule has 1 heteroatoms. The quantitative estimate of drug-likeness (QED) is 0.441. The molecule has 1 nitrogen and oxygen atoms in total. The van der Waals surface area contributed by atoms with Crippen LogP contribution in [-0.2, 0) is 4.79 Å². The van der Waals surface area contributed by atoms with Gasteiger partial charge in [0.25, 0.3) is 0 Å². The fourth-order valence-electron chi connectivity index (χ4n) is 0.884. The number of rotatable bonds is 0. The van der Waals surface area contributed by atoms with Gasteiger partial charge in [-0.2, -0.15) is 0 Å². The summed E-state index contributed by atoms with van der Waals surface area (Å²) in [5.41, 5.74) is 0. The average molecular weight is 114 g/mol. The van der Waals surface area contributed by atoms with E-state index in [9.17, 15) is 0 Å². The predicted molar refractivity (Wildman–Crippen MR) is 34.8 cm³/mol. The SMILES string of the molecule is C1CCCC1.CC=O. The van der Waals surface area contributed by atoms with E-state index in [0.717, 1.165) is 6.29 Å². The third kappa shape index (κ3) is 5.67. The molecule has 0 heterocycles. The van der Waals surface area contributed by atoms with Gasteiger partial charge in [-0.1, -0.05) is 32.1 Å². The molecule has 0 aromatic carbocycles. The zero-order valence-electron chi connectivity index (χ0n) is 5.52. The molecule has 0 atom stereocenters. The molecular formula is C7H14O. The zero-order chi connectivity index (χ0) is 6.24. The lowest BCUT2D eigenvalue weighted by atomic mass is 10.4. The summed E-state index contributed by atoms with van der Waals surface area (Å²) in [6.45, 7) is 1.44. The molecule has 0 amide bonds. The number of hydrogen-bond acceptors (Lipinski definition) is 1. The Labute approximate surface area is 51.1 Å². The van der Waals surface area contributed by atoms with Gasteiger partial charge in [0.2, 0.25) is 0 Å². The lowest BCUT2D eigenvalue weighted by Crippen LogP contribution is -1.47. The van der Waals surface area contributed by atoms with Gasteiger partial charge < -0.3 is 4.79 Å². The van der Waals surface area contributed by atoms with E-state index in [1.165, 1.54) is 39.0 Å². The number of carbonyl (C=O) groups is 1. The summed E-state index contributed by atoms with van der Waals surface area (Å²) < 4.78 is 0. The van der Waals surface area contributed by atoms with Gasteiger partial charge >= 0.3 is 0 Å². The second kappa shape index (κ2) is 6.67. The largest absolute Gasteiger partial charge is 0.304 e. The standard InChI is InChI=1S/C5H10.C2H4O/c1-2-4-5-3-1;1-2-3/h1-5H2;2H,1H3. The summed E-state index contributed by atoms with van der Waals surface area (Å²) in [7, 11) is 0. The van der Waals surface area contributed by atoms with Crippen LogP contribution in [0.2, 0.25) is 0 Å². The Morgan fingerprint density at radius 3 is 1.25 bits per heavy atom. The Balaban J connectivity index is 0.000000145. The van der Waals surface area contributed by atoms with Gasteiger partial charge in [-0.15, -0.1) is 0 Å². The van der Waals surface area contributed by atoms with Crippen LogP contribution in [0.1, 0.15) is 39.0 Å². The Bertz CT molecular complexity index is 38.7. The maximum absolute atomic E-state index is 8.81. The Kier molecular flexibility index (Phi) is 6.39. The Morgan fingerprint density at radius 1 is 1.00 bits per heavy atom. The van der Waals surface area contributed by atoms with Crippen LogP contribution in [0.5, 0.6) is 0 Å². The van der Waals surface area contributed by atoms with E-state index in [-0.39, 0.29) is 0 Å². The molecule has 8 heavy (non-hydrogen) atoms. The van der Waals surface area contributed by atoms with E-state index in [1.54, 1.807) is 0 Å². The van der Waals surface area contributed by atoms with Crippen molar-refractivity contribution in [1.82, 2.24) is 0 Å². The van der Waals surface area contributed by atoms with Crippen LogP contribution in [0.25, 0.3) is 0 Å². The molecule has 0 spiro atoms. The fourth-order valence-corrected chi connectivity index (χ4v) is 0.884. The van der Waals surface area contributed by atoms with Gasteiger partial charge in [-0.05, 0) is 6.92 Å². The topological polar surface area (TPSA) is 17.1 Å². The van der Waals surface area contributed by atoms with Crippen LogP contribution in [-0.4, -0.2) is 6.29 Å². The van der Waals surface area contributed by atoms with E-state index in [0.29, 0.717) is 0 Å². The lowest BCUT2D eigenvalue weighted by molar-refractivity contribution is -0.106. The summed E-state index contributed by atoms with van der Waals surface area (Å²) in [6.07, 6.45) is 8.25. The highest BCUT2D eigenvalue weighted by molar-refractivity contribution is 5.44. The van der Waals surface area contributed by atoms with Gasteiger partial charge in [-0.25, -0.2) is 0 Å². The Hall–Kier alpha value is -0.330. The van der Waals surface area contributed by atoms with Crippen molar-refractivity contribution in [3.05, 3.63) is 0 Å². The monoisotopic (exact) mass is 114 g/mol. The molecule has 1 aliphatic rings. The normalized spacial score (nSPS) is 16.6. The third-order valence-corrected chi connectivity index (χ3v) is 1.25. The first kappa shape index (κ1) is 7.67. The van der Waals surface area contributed by atoms with E-state index < -0.39 is 0 Å². The van der Waals surface area contributed by atoms with E-state index >= 15 is 0 Å². The lowest BCUT2D eigenvalue weighted by Gasteiger charge is -1.67. The van der Waals surface area contributed by atoms with Crippen molar-refractivity contribution >= 4 is 6.29 Å². The van der Waals surface area contributed by atoms with Crippen molar-refractivity contribution in [2.24, 2.45) is 0 Å². The van der Waals surface area contributed by atoms with E-state index in [1.807, 2.05) is 0 Å². The van der Waals surface area contributed by atoms with Crippen molar-refractivity contribution in [1.29, 1.82) is 0 Å². The maximum Gasteiger partial charge on any atom is 0.116 e. The van der Waals surface area contributed by atoms with E-state index in [2.05, 4.69) is 0 Å². The summed E-state index contributed by atoms with van der Waals surface area (Å²) in [6, 6.07) is 0. The smallest absolute Gasteiger partial charge is 0.116 e. The molecule has 1 aliphatic carbocycles. The maximum atomic E-state index is 8.81. The highest BCUT2D eigenvalue weighted by Crippen LogP contribution is 2.15. The highest BCUT2D eigenvalue weighted by Gasteiger charge is 1.95. The van der Waals surface area contributed by atoms with Crippen LogP contribution in [0.4, 0.5) is 0 Å².